The highest BCUT2D eigenvalue weighted by molar-refractivity contribution is 6.30. The number of hydrogen-bond donors (Lipinski definition) is 2. The van der Waals surface area contributed by atoms with E-state index in [1.165, 1.54) is 5.56 Å². The van der Waals surface area contributed by atoms with Crippen molar-refractivity contribution in [2.24, 2.45) is 5.41 Å². The molecule has 0 aromatic heterocycles. The van der Waals surface area contributed by atoms with Crippen molar-refractivity contribution in [2.45, 2.75) is 26.3 Å². The van der Waals surface area contributed by atoms with Gasteiger partial charge in [0.2, 0.25) is 0 Å². The number of carbonyl (C=O) groups is 1. The zero-order valence-electron chi connectivity index (χ0n) is 9.96. The quantitative estimate of drug-likeness (QED) is 0.871. The van der Waals surface area contributed by atoms with Crippen LogP contribution in [0, 0.1) is 5.41 Å². The lowest BCUT2D eigenvalue weighted by Gasteiger charge is -2.28. The molecule has 0 aliphatic heterocycles. The molecule has 0 radical (unpaired) electrons. The first kappa shape index (κ1) is 12.4. The van der Waals surface area contributed by atoms with Gasteiger partial charge in [-0.25, -0.2) is 0 Å². The molecule has 17 heavy (non-hydrogen) atoms. The van der Waals surface area contributed by atoms with Gasteiger partial charge in [0.1, 0.15) is 0 Å². The molecule has 1 aliphatic rings. The van der Waals surface area contributed by atoms with Gasteiger partial charge in [0.25, 0.3) is 0 Å². The second-order valence-corrected chi connectivity index (χ2v) is 5.65. The number of carboxylic acid groups (broad SMARTS) is 1. The van der Waals surface area contributed by atoms with Crippen LogP contribution in [0.1, 0.15) is 31.0 Å². The highest BCUT2D eigenvalue weighted by Crippen LogP contribution is 2.45. The average Bonchev–Trinajstić information content (AvgIpc) is 2.45. The molecule has 3 nitrogen and oxygen atoms in total. The van der Waals surface area contributed by atoms with Gasteiger partial charge < -0.3 is 5.11 Å². The second-order valence-electron chi connectivity index (χ2n) is 5.22. The van der Waals surface area contributed by atoms with E-state index in [-0.39, 0.29) is 18.0 Å². The minimum absolute atomic E-state index is 0.0163. The molecule has 0 heterocycles. The van der Waals surface area contributed by atoms with Crippen LogP contribution in [-0.4, -0.2) is 17.6 Å². The molecular weight excluding hydrogens is 238 g/mol. The Bertz CT molecular complexity index is 457. The minimum Gasteiger partial charge on any atom is -0.480 e. The highest BCUT2D eigenvalue weighted by atomic mass is 35.5. The summed E-state index contributed by atoms with van der Waals surface area (Å²) < 4.78 is 0. The maximum Gasteiger partial charge on any atom is 0.317 e. The lowest BCUT2D eigenvalue weighted by Crippen LogP contribution is -2.34. The van der Waals surface area contributed by atoms with Gasteiger partial charge in [-0.3, -0.25) is 10.1 Å². The van der Waals surface area contributed by atoms with Gasteiger partial charge in [0, 0.05) is 11.1 Å². The molecule has 2 N–H and O–H groups in total. The number of fused-ring (bicyclic) bond motifs is 1. The number of hydrogen-bond acceptors (Lipinski definition) is 2. The van der Waals surface area contributed by atoms with E-state index in [1.54, 1.807) is 0 Å². The predicted octanol–water partition coefficient (Wildman–Crippen LogP) is 2.64. The Morgan fingerprint density at radius 1 is 1.59 bits per heavy atom. The van der Waals surface area contributed by atoms with E-state index in [4.69, 9.17) is 16.7 Å². The highest BCUT2D eigenvalue weighted by Gasteiger charge is 2.38. The summed E-state index contributed by atoms with van der Waals surface area (Å²) in [4.78, 5) is 10.7. The molecule has 92 valence electrons. The summed E-state index contributed by atoms with van der Waals surface area (Å²) in [6, 6.07) is 5.90. The average molecular weight is 254 g/mol. The molecule has 0 bridgehead atoms. The Kier molecular flexibility index (Phi) is 3.15. The smallest absolute Gasteiger partial charge is 0.317 e. The first-order valence-electron chi connectivity index (χ1n) is 5.63. The third kappa shape index (κ3) is 2.45. The number of carboxylic acids is 1. The molecule has 1 atom stereocenters. The van der Waals surface area contributed by atoms with E-state index in [9.17, 15) is 4.79 Å². The van der Waals surface area contributed by atoms with Crippen LogP contribution in [0.3, 0.4) is 0 Å². The molecule has 0 saturated carbocycles. The van der Waals surface area contributed by atoms with Crippen LogP contribution < -0.4 is 5.32 Å². The van der Waals surface area contributed by atoms with Crippen molar-refractivity contribution in [3.8, 4) is 0 Å². The van der Waals surface area contributed by atoms with Gasteiger partial charge in [-0.1, -0.05) is 31.5 Å². The molecule has 1 aliphatic carbocycles. The Balaban J connectivity index is 2.30. The lowest BCUT2D eigenvalue weighted by atomic mass is 9.85. The number of halogens is 1. The molecule has 0 spiro atoms. The van der Waals surface area contributed by atoms with Gasteiger partial charge in [0.05, 0.1) is 6.54 Å². The fourth-order valence-electron chi connectivity index (χ4n) is 2.59. The van der Waals surface area contributed by atoms with Crippen molar-refractivity contribution < 1.29 is 9.90 Å². The Morgan fingerprint density at radius 3 is 2.94 bits per heavy atom. The van der Waals surface area contributed by atoms with Crippen molar-refractivity contribution in [3.63, 3.8) is 0 Å². The summed E-state index contributed by atoms with van der Waals surface area (Å²) in [5, 5.41) is 12.6. The van der Waals surface area contributed by atoms with Crippen LogP contribution in [-0.2, 0) is 11.2 Å². The molecule has 2 rings (SSSR count). The van der Waals surface area contributed by atoms with E-state index in [1.807, 2.05) is 18.2 Å². The van der Waals surface area contributed by atoms with Gasteiger partial charge in [-0.15, -0.1) is 0 Å². The fourth-order valence-corrected chi connectivity index (χ4v) is 2.77. The molecule has 0 amide bonds. The number of benzene rings is 1. The molecule has 1 aromatic rings. The largest absolute Gasteiger partial charge is 0.480 e. The van der Waals surface area contributed by atoms with E-state index in [2.05, 4.69) is 19.2 Å². The van der Waals surface area contributed by atoms with Gasteiger partial charge in [0.15, 0.2) is 0 Å². The van der Waals surface area contributed by atoms with Crippen molar-refractivity contribution in [3.05, 3.63) is 34.3 Å². The summed E-state index contributed by atoms with van der Waals surface area (Å²) in [5.74, 6) is -0.837. The first-order valence-corrected chi connectivity index (χ1v) is 6.01. The number of nitrogens with one attached hydrogen (secondary N) is 1. The van der Waals surface area contributed by atoms with Crippen molar-refractivity contribution >= 4 is 17.6 Å². The predicted molar refractivity (Wildman–Crippen MR) is 67.3 cm³/mol. The standard InChI is InChI=1S/C13H16ClNO2/c1-13(2)6-8-3-4-9(14)5-10(8)12(13)15-7-11(16)17/h3-5,12,15H,6-7H2,1-2H3,(H,16,17). The molecular formula is C13H16ClNO2. The number of rotatable bonds is 3. The lowest BCUT2D eigenvalue weighted by molar-refractivity contribution is -0.136. The first-order chi connectivity index (χ1) is 7.90. The Hall–Kier alpha value is -1.06. The zero-order valence-corrected chi connectivity index (χ0v) is 10.7. The third-order valence-electron chi connectivity index (χ3n) is 3.30. The third-order valence-corrected chi connectivity index (χ3v) is 3.54. The van der Waals surface area contributed by atoms with Crippen LogP contribution in [0.15, 0.2) is 18.2 Å². The van der Waals surface area contributed by atoms with Gasteiger partial charge in [-0.2, -0.15) is 0 Å². The molecule has 4 heteroatoms. The Morgan fingerprint density at radius 2 is 2.29 bits per heavy atom. The summed E-state index contributed by atoms with van der Waals surface area (Å²) in [5.41, 5.74) is 2.40. The van der Waals surface area contributed by atoms with Gasteiger partial charge >= 0.3 is 5.97 Å². The molecule has 0 saturated heterocycles. The second kappa shape index (κ2) is 4.31. The number of aliphatic carboxylic acids is 1. The maximum atomic E-state index is 10.7. The summed E-state index contributed by atoms with van der Waals surface area (Å²) in [6.45, 7) is 4.25. The van der Waals surface area contributed by atoms with E-state index < -0.39 is 5.97 Å². The van der Waals surface area contributed by atoms with E-state index in [0.29, 0.717) is 5.02 Å². The van der Waals surface area contributed by atoms with Crippen LogP contribution >= 0.6 is 11.6 Å². The summed E-state index contributed by atoms with van der Waals surface area (Å²) in [6.07, 6.45) is 0.941. The van der Waals surface area contributed by atoms with Crippen LogP contribution in [0.2, 0.25) is 5.02 Å². The van der Waals surface area contributed by atoms with Crippen LogP contribution in [0.25, 0.3) is 0 Å². The monoisotopic (exact) mass is 253 g/mol. The van der Waals surface area contributed by atoms with E-state index >= 15 is 0 Å². The van der Waals surface area contributed by atoms with Crippen molar-refractivity contribution in [1.29, 1.82) is 0 Å². The normalized spacial score (nSPS) is 21.2. The molecule has 1 aromatic carbocycles. The van der Waals surface area contributed by atoms with Crippen LogP contribution in [0.4, 0.5) is 0 Å². The van der Waals surface area contributed by atoms with Crippen LogP contribution in [0.5, 0.6) is 0 Å². The maximum absolute atomic E-state index is 10.7. The van der Waals surface area contributed by atoms with Gasteiger partial charge in [-0.05, 0) is 35.1 Å². The SMILES string of the molecule is CC1(C)Cc2ccc(Cl)cc2C1NCC(=O)O. The van der Waals surface area contributed by atoms with Crippen molar-refractivity contribution in [2.75, 3.05) is 6.54 Å². The summed E-state index contributed by atoms with van der Waals surface area (Å²) >= 11 is 6.00. The van der Waals surface area contributed by atoms with E-state index in [0.717, 1.165) is 12.0 Å². The topological polar surface area (TPSA) is 49.3 Å². The minimum atomic E-state index is -0.837. The fraction of sp³-hybridized carbons (Fsp3) is 0.462. The summed E-state index contributed by atoms with van der Waals surface area (Å²) in [7, 11) is 0. The molecule has 1 unspecified atom stereocenters. The Labute approximate surface area is 106 Å². The molecule has 0 fully saturated rings. The zero-order chi connectivity index (χ0) is 12.6. The van der Waals surface area contributed by atoms with Crippen molar-refractivity contribution in [1.82, 2.24) is 5.32 Å².